The van der Waals surface area contributed by atoms with Crippen molar-refractivity contribution >= 4 is 0 Å². The Labute approximate surface area is 125 Å². The topological polar surface area (TPSA) is 48.3 Å². The van der Waals surface area contributed by atoms with E-state index in [-0.39, 0.29) is 0 Å². The first-order valence-electron chi connectivity index (χ1n) is 7.31. The van der Waals surface area contributed by atoms with Crippen LogP contribution < -0.4 is 14.8 Å². The van der Waals surface area contributed by atoms with Crippen molar-refractivity contribution in [1.82, 2.24) is 15.1 Å². The molecule has 21 heavy (non-hydrogen) atoms. The van der Waals surface area contributed by atoms with Crippen LogP contribution in [0.5, 0.6) is 11.5 Å². The van der Waals surface area contributed by atoms with Gasteiger partial charge in [0.15, 0.2) is 11.5 Å². The lowest BCUT2D eigenvalue weighted by Gasteiger charge is -2.12. The number of aromatic nitrogens is 2. The summed E-state index contributed by atoms with van der Waals surface area (Å²) >= 11 is 0. The van der Waals surface area contributed by atoms with Gasteiger partial charge in [-0.15, -0.1) is 0 Å². The summed E-state index contributed by atoms with van der Waals surface area (Å²) in [4.78, 5) is 0. The molecular weight excluding hydrogens is 266 g/mol. The highest BCUT2D eigenvalue weighted by Gasteiger charge is 2.06. The quantitative estimate of drug-likeness (QED) is 0.720. The fourth-order valence-corrected chi connectivity index (χ4v) is 2.03. The third-order valence-corrected chi connectivity index (χ3v) is 3.12. The summed E-state index contributed by atoms with van der Waals surface area (Å²) in [6.45, 7) is 5.30. The van der Waals surface area contributed by atoms with E-state index < -0.39 is 0 Å². The normalized spacial score (nSPS) is 10.6. The molecule has 1 aromatic carbocycles. The van der Waals surface area contributed by atoms with Crippen LogP contribution in [0.4, 0.5) is 0 Å². The van der Waals surface area contributed by atoms with E-state index in [0.717, 1.165) is 37.6 Å². The second kappa shape index (κ2) is 8.32. The number of nitrogens with zero attached hydrogens (tertiary/aromatic N) is 2. The number of hydrogen-bond acceptors (Lipinski definition) is 4. The van der Waals surface area contributed by atoms with Crippen molar-refractivity contribution in [2.45, 2.75) is 26.4 Å². The molecule has 0 bridgehead atoms. The van der Waals surface area contributed by atoms with E-state index in [2.05, 4.69) is 23.4 Å². The molecule has 0 atom stereocenters. The number of ether oxygens (including phenoxy) is 2. The van der Waals surface area contributed by atoms with Crippen molar-refractivity contribution in [2.24, 2.45) is 0 Å². The maximum Gasteiger partial charge on any atom is 0.161 e. The fraction of sp³-hybridized carbons (Fsp3) is 0.438. The number of hydrogen-bond donors (Lipinski definition) is 1. The molecule has 0 unspecified atom stereocenters. The molecule has 0 radical (unpaired) electrons. The zero-order chi connectivity index (χ0) is 14.9. The molecule has 0 saturated heterocycles. The van der Waals surface area contributed by atoms with Crippen molar-refractivity contribution in [3.05, 3.63) is 42.2 Å². The van der Waals surface area contributed by atoms with E-state index in [1.54, 1.807) is 13.3 Å². The van der Waals surface area contributed by atoms with Gasteiger partial charge < -0.3 is 14.8 Å². The highest BCUT2D eigenvalue weighted by atomic mass is 16.5. The summed E-state index contributed by atoms with van der Waals surface area (Å²) in [5.74, 6) is 1.54. The summed E-state index contributed by atoms with van der Waals surface area (Å²) in [6.07, 6.45) is 4.81. The Balaban J connectivity index is 1.89. The SMILES string of the molecule is CCCNCc1ccc(OCCn2cccn2)c(OC)c1. The highest BCUT2D eigenvalue weighted by Crippen LogP contribution is 2.28. The van der Waals surface area contributed by atoms with E-state index in [9.17, 15) is 0 Å². The molecule has 5 heteroatoms. The molecule has 5 nitrogen and oxygen atoms in total. The average Bonchev–Trinajstić information content (AvgIpc) is 3.02. The third-order valence-electron chi connectivity index (χ3n) is 3.12. The van der Waals surface area contributed by atoms with Crippen LogP contribution >= 0.6 is 0 Å². The smallest absolute Gasteiger partial charge is 0.161 e. The number of methoxy groups -OCH3 is 1. The molecule has 0 amide bonds. The highest BCUT2D eigenvalue weighted by molar-refractivity contribution is 5.42. The maximum atomic E-state index is 5.78. The second-order valence-corrected chi connectivity index (χ2v) is 4.78. The molecule has 0 aliphatic carbocycles. The number of nitrogens with one attached hydrogen (secondary N) is 1. The van der Waals surface area contributed by atoms with E-state index in [0.29, 0.717) is 6.61 Å². The Kier molecular flexibility index (Phi) is 6.09. The third kappa shape index (κ3) is 4.79. The first-order chi connectivity index (χ1) is 10.3. The summed E-state index contributed by atoms with van der Waals surface area (Å²) in [6, 6.07) is 7.95. The summed E-state index contributed by atoms with van der Waals surface area (Å²) in [5.41, 5.74) is 1.19. The zero-order valence-corrected chi connectivity index (χ0v) is 12.7. The minimum absolute atomic E-state index is 0.561. The molecule has 0 aliphatic heterocycles. The van der Waals surface area contributed by atoms with Crippen LogP contribution in [0.1, 0.15) is 18.9 Å². The van der Waals surface area contributed by atoms with E-state index in [1.165, 1.54) is 5.56 Å². The van der Waals surface area contributed by atoms with Crippen molar-refractivity contribution < 1.29 is 9.47 Å². The number of benzene rings is 1. The predicted octanol–water partition coefficient (Wildman–Crippen LogP) is 2.47. The second-order valence-electron chi connectivity index (χ2n) is 4.78. The largest absolute Gasteiger partial charge is 0.493 e. The van der Waals surface area contributed by atoms with Gasteiger partial charge in [0.2, 0.25) is 0 Å². The molecule has 2 rings (SSSR count). The Bertz CT molecular complexity index is 526. The Morgan fingerprint density at radius 2 is 2.19 bits per heavy atom. The lowest BCUT2D eigenvalue weighted by Crippen LogP contribution is -2.14. The molecule has 0 aliphatic rings. The van der Waals surface area contributed by atoms with Crippen molar-refractivity contribution in [3.8, 4) is 11.5 Å². The van der Waals surface area contributed by atoms with Crippen LogP contribution in [-0.4, -0.2) is 30.0 Å². The van der Waals surface area contributed by atoms with Gasteiger partial charge in [-0.3, -0.25) is 4.68 Å². The van der Waals surface area contributed by atoms with Gasteiger partial charge in [-0.1, -0.05) is 13.0 Å². The average molecular weight is 289 g/mol. The van der Waals surface area contributed by atoms with Gasteiger partial charge in [0.05, 0.1) is 13.7 Å². The maximum absolute atomic E-state index is 5.78. The summed E-state index contributed by atoms with van der Waals surface area (Å²) < 4.78 is 13.0. The molecule has 0 saturated carbocycles. The van der Waals surface area contributed by atoms with Gasteiger partial charge in [-0.05, 0) is 36.7 Å². The van der Waals surface area contributed by atoms with Crippen molar-refractivity contribution in [3.63, 3.8) is 0 Å². The predicted molar refractivity (Wildman–Crippen MR) is 82.7 cm³/mol. The molecular formula is C16H23N3O2. The van der Waals surface area contributed by atoms with Crippen LogP contribution in [-0.2, 0) is 13.1 Å². The van der Waals surface area contributed by atoms with E-state index >= 15 is 0 Å². The van der Waals surface area contributed by atoms with Crippen LogP contribution in [0, 0.1) is 0 Å². The van der Waals surface area contributed by atoms with E-state index in [4.69, 9.17) is 9.47 Å². The van der Waals surface area contributed by atoms with Crippen LogP contribution in [0.25, 0.3) is 0 Å². The lowest BCUT2D eigenvalue weighted by atomic mass is 10.2. The minimum Gasteiger partial charge on any atom is -0.493 e. The van der Waals surface area contributed by atoms with Gasteiger partial charge in [-0.25, -0.2) is 0 Å². The molecule has 0 fully saturated rings. The Morgan fingerprint density at radius 3 is 2.90 bits per heavy atom. The summed E-state index contributed by atoms with van der Waals surface area (Å²) in [5, 5.41) is 7.52. The van der Waals surface area contributed by atoms with Gasteiger partial charge >= 0.3 is 0 Å². The molecule has 2 aromatic rings. The first-order valence-corrected chi connectivity index (χ1v) is 7.31. The van der Waals surface area contributed by atoms with Crippen LogP contribution in [0.15, 0.2) is 36.7 Å². The Hall–Kier alpha value is -2.01. The fourth-order valence-electron chi connectivity index (χ4n) is 2.03. The first kappa shape index (κ1) is 15.4. The molecule has 0 spiro atoms. The van der Waals surface area contributed by atoms with Crippen molar-refractivity contribution in [1.29, 1.82) is 0 Å². The lowest BCUT2D eigenvalue weighted by molar-refractivity contribution is 0.274. The van der Waals surface area contributed by atoms with Gasteiger partial charge in [0.25, 0.3) is 0 Å². The Morgan fingerprint density at radius 1 is 1.29 bits per heavy atom. The van der Waals surface area contributed by atoms with Gasteiger partial charge in [-0.2, -0.15) is 5.10 Å². The minimum atomic E-state index is 0.561. The summed E-state index contributed by atoms with van der Waals surface area (Å²) in [7, 11) is 1.67. The molecule has 114 valence electrons. The van der Waals surface area contributed by atoms with Gasteiger partial charge in [0.1, 0.15) is 6.61 Å². The molecule has 1 aromatic heterocycles. The van der Waals surface area contributed by atoms with Crippen molar-refractivity contribution in [2.75, 3.05) is 20.3 Å². The number of rotatable bonds is 9. The van der Waals surface area contributed by atoms with Crippen LogP contribution in [0.3, 0.4) is 0 Å². The van der Waals surface area contributed by atoms with E-state index in [1.807, 2.05) is 29.1 Å². The van der Waals surface area contributed by atoms with Gasteiger partial charge in [0, 0.05) is 18.9 Å². The molecule has 1 heterocycles. The zero-order valence-electron chi connectivity index (χ0n) is 12.7. The molecule has 1 N–H and O–H groups in total. The standard InChI is InChI=1S/C16H23N3O2/c1-3-7-17-13-14-5-6-15(16(12-14)20-2)21-11-10-19-9-4-8-18-19/h4-6,8-9,12,17H,3,7,10-11,13H2,1-2H3. The van der Waals surface area contributed by atoms with Crippen LogP contribution in [0.2, 0.25) is 0 Å². The monoisotopic (exact) mass is 289 g/mol.